The monoisotopic (exact) mass is 283 g/mol. The van der Waals surface area contributed by atoms with E-state index >= 15 is 0 Å². The van der Waals surface area contributed by atoms with Crippen molar-refractivity contribution < 1.29 is 0 Å². The van der Waals surface area contributed by atoms with Gasteiger partial charge in [-0.25, -0.2) is 4.68 Å². The summed E-state index contributed by atoms with van der Waals surface area (Å²) in [7, 11) is 0. The normalized spacial score (nSPS) is 27.8. The van der Waals surface area contributed by atoms with Crippen molar-refractivity contribution in [1.82, 2.24) is 9.78 Å². The first-order valence-electron chi connectivity index (χ1n) is 6.20. The highest BCUT2D eigenvalue weighted by atomic mass is 79.9. The molecule has 0 bridgehead atoms. The van der Waals surface area contributed by atoms with E-state index in [-0.39, 0.29) is 0 Å². The maximum atomic E-state index is 4.80. The SMILES string of the molecule is CC(C)c1nn2c(c1Br)NCC1CCCC12. The molecule has 88 valence electrons. The van der Waals surface area contributed by atoms with Crippen molar-refractivity contribution in [2.45, 2.75) is 45.1 Å². The van der Waals surface area contributed by atoms with E-state index in [1.165, 1.54) is 35.2 Å². The molecule has 1 fully saturated rings. The average molecular weight is 284 g/mol. The Morgan fingerprint density at radius 1 is 1.44 bits per heavy atom. The standard InChI is InChI=1S/C12H18BrN3/c1-7(2)11-10(13)12-14-6-8-4-3-5-9(8)16(12)15-11/h7-9,14H,3-6H2,1-2H3. The summed E-state index contributed by atoms with van der Waals surface area (Å²) in [6.45, 7) is 5.52. The predicted molar refractivity (Wildman–Crippen MR) is 68.9 cm³/mol. The first-order valence-corrected chi connectivity index (χ1v) is 6.99. The third-order valence-corrected chi connectivity index (χ3v) is 4.67. The van der Waals surface area contributed by atoms with Crippen LogP contribution in [0.4, 0.5) is 5.82 Å². The number of rotatable bonds is 1. The lowest BCUT2D eigenvalue weighted by atomic mass is 10.0. The highest BCUT2D eigenvalue weighted by molar-refractivity contribution is 9.10. The molecule has 2 heterocycles. The van der Waals surface area contributed by atoms with Gasteiger partial charge in [0.25, 0.3) is 0 Å². The molecule has 1 aliphatic carbocycles. The lowest BCUT2D eigenvalue weighted by Crippen LogP contribution is -2.29. The van der Waals surface area contributed by atoms with E-state index in [1.54, 1.807) is 0 Å². The van der Waals surface area contributed by atoms with E-state index in [2.05, 4.69) is 39.8 Å². The molecule has 0 amide bonds. The zero-order valence-electron chi connectivity index (χ0n) is 9.83. The van der Waals surface area contributed by atoms with E-state index in [1.807, 2.05) is 0 Å². The molecule has 0 radical (unpaired) electrons. The number of aromatic nitrogens is 2. The van der Waals surface area contributed by atoms with Crippen molar-refractivity contribution in [1.29, 1.82) is 0 Å². The number of nitrogens with one attached hydrogen (secondary N) is 1. The van der Waals surface area contributed by atoms with Gasteiger partial charge in [0.1, 0.15) is 5.82 Å². The number of halogens is 1. The first-order chi connectivity index (χ1) is 7.68. The molecule has 1 aromatic rings. The van der Waals surface area contributed by atoms with Gasteiger partial charge in [-0.2, -0.15) is 5.10 Å². The minimum Gasteiger partial charge on any atom is -0.369 e. The summed E-state index contributed by atoms with van der Waals surface area (Å²) in [6, 6.07) is 0.639. The summed E-state index contributed by atoms with van der Waals surface area (Å²) in [4.78, 5) is 0. The molecular weight excluding hydrogens is 266 g/mol. The molecule has 3 rings (SSSR count). The summed E-state index contributed by atoms with van der Waals surface area (Å²) in [5.41, 5.74) is 1.19. The van der Waals surface area contributed by atoms with Crippen LogP contribution >= 0.6 is 15.9 Å². The zero-order valence-corrected chi connectivity index (χ0v) is 11.4. The summed E-state index contributed by atoms with van der Waals surface area (Å²) >= 11 is 3.69. The van der Waals surface area contributed by atoms with Gasteiger partial charge in [-0.3, -0.25) is 0 Å². The molecule has 2 aliphatic rings. The zero-order chi connectivity index (χ0) is 11.3. The highest BCUT2D eigenvalue weighted by Gasteiger charge is 2.36. The van der Waals surface area contributed by atoms with Crippen molar-refractivity contribution in [2.24, 2.45) is 5.92 Å². The van der Waals surface area contributed by atoms with E-state index in [9.17, 15) is 0 Å². The Bertz CT molecular complexity index is 411. The molecule has 0 aromatic carbocycles. The van der Waals surface area contributed by atoms with Crippen LogP contribution in [0.1, 0.15) is 50.8 Å². The van der Waals surface area contributed by atoms with Crippen LogP contribution in [0.15, 0.2) is 4.47 Å². The van der Waals surface area contributed by atoms with Gasteiger partial charge in [-0.15, -0.1) is 0 Å². The molecule has 0 saturated heterocycles. The Morgan fingerprint density at radius 3 is 3.00 bits per heavy atom. The van der Waals surface area contributed by atoms with Gasteiger partial charge in [0.2, 0.25) is 0 Å². The minimum atomic E-state index is 0.481. The van der Waals surface area contributed by atoms with E-state index in [4.69, 9.17) is 5.10 Å². The average Bonchev–Trinajstić information content (AvgIpc) is 2.81. The third-order valence-electron chi connectivity index (χ3n) is 3.89. The lowest BCUT2D eigenvalue weighted by Gasteiger charge is -2.28. The predicted octanol–water partition coefficient (Wildman–Crippen LogP) is 3.54. The first kappa shape index (κ1) is 10.6. The molecular formula is C12H18BrN3. The maximum absolute atomic E-state index is 4.80. The smallest absolute Gasteiger partial charge is 0.139 e. The van der Waals surface area contributed by atoms with Gasteiger partial charge >= 0.3 is 0 Å². The van der Waals surface area contributed by atoms with E-state index in [0.29, 0.717) is 12.0 Å². The van der Waals surface area contributed by atoms with Crippen LogP contribution in [0.25, 0.3) is 0 Å². The van der Waals surface area contributed by atoms with Gasteiger partial charge in [0, 0.05) is 6.54 Å². The van der Waals surface area contributed by atoms with Gasteiger partial charge < -0.3 is 5.32 Å². The van der Waals surface area contributed by atoms with Crippen molar-refractivity contribution in [3.05, 3.63) is 10.2 Å². The van der Waals surface area contributed by atoms with Crippen molar-refractivity contribution >= 4 is 21.7 Å². The second-order valence-electron chi connectivity index (χ2n) is 5.29. The van der Waals surface area contributed by atoms with Crippen LogP contribution in [0.3, 0.4) is 0 Å². The van der Waals surface area contributed by atoms with Gasteiger partial charge in [0.05, 0.1) is 16.2 Å². The Kier molecular flexibility index (Phi) is 2.50. The number of nitrogens with zero attached hydrogens (tertiary/aromatic N) is 2. The number of anilines is 1. The van der Waals surface area contributed by atoms with E-state index < -0.39 is 0 Å². The Morgan fingerprint density at radius 2 is 2.25 bits per heavy atom. The molecule has 2 unspecified atom stereocenters. The fourth-order valence-electron chi connectivity index (χ4n) is 3.00. The second-order valence-corrected chi connectivity index (χ2v) is 6.08. The number of fused-ring (bicyclic) bond motifs is 3. The Hall–Kier alpha value is -0.510. The van der Waals surface area contributed by atoms with Crippen molar-refractivity contribution in [3.63, 3.8) is 0 Å². The number of hydrogen-bond donors (Lipinski definition) is 1. The Labute approximate surface area is 105 Å². The molecule has 3 nitrogen and oxygen atoms in total. The topological polar surface area (TPSA) is 29.9 Å². The van der Waals surface area contributed by atoms with Crippen LogP contribution in [0.2, 0.25) is 0 Å². The summed E-state index contributed by atoms with van der Waals surface area (Å²) in [6.07, 6.45) is 4.00. The largest absolute Gasteiger partial charge is 0.369 e. The summed E-state index contributed by atoms with van der Waals surface area (Å²) in [5.74, 6) is 2.47. The fourth-order valence-corrected chi connectivity index (χ4v) is 3.86. The molecule has 0 spiro atoms. The summed E-state index contributed by atoms with van der Waals surface area (Å²) < 4.78 is 3.41. The van der Waals surface area contributed by atoms with Crippen LogP contribution in [-0.2, 0) is 0 Å². The van der Waals surface area contributed by atoms with Gasteiger partial charge in [0.15, 0.2) is 0 Å². The molecule has 1 N–H and O–H groups in total. The third kappa shape index (κ3) is 1.42. The molecule has 1 aromatic heterocycles. The second kappa shape index (κ2) is 3.76. The fraction of sp³-hybridized carbons (Fsp3) is 0.750. The Balaban J connectivity index is 2.06. The van der Waals surface area contributed by atoms with Gasteiger partial charge in [-0.05, 0) is 40.6 Å². The summed E-state index contributed by atoms with van der Waals surface area (Å²) in [5, 5.41) is 8.33. The maximum Gasteiger partial charge on any atom is 0.139 e. The van der Waals surface area contributed by atoms with Gasteiger partial charge in [-0.1, -0.05) is 20.3 Å². The molecule has 1 saturated carbocycles. The van der Waals surface area contributed by atoms with Crippen LogP contribution in [0.5, 0.6) is 0 Å². The minimum absolute atomic E-state index is 0.481. The van der Waals surface area contributed by atoms with Crippen LogP contribution < -0.4 is 5.32 Å². The van der Waals surface area contributed by atoms with Crippen LogP contribution in [-0.4, -0.2) is 16.3 Å². The molecule has 16 heavy (non-hydrogen) atoms. The quantitative estimate of drug-likeness (QED) is 0.855. The molecule has 1 aliphatic heterocycles. The van der Waals surface area contributed by atoms with E-state index in [0.717, 1.165) is 12.5 Å². The molecule has 2 atom stereocenters. The van der Waals surface area contributed by atoms with Crippen molar-refractivity contribution in [2.75, 3.05) is 11.9 Å². The molecule has 4 heteroatoms. The van der Waals surface area contributed by atoms with Crippen LogP contribution in [0, 0.1) is 5.92 Å². The number of hydrogen-bond acceptors (Lipinski definition) is 2. The highest BCUT2D eigenvalue weighted by Crippen LogP contribution is 2.44. The van der Waals surface area contributed by atoms with Crippen molar-refractivity contribution in [3.8, 4) is 0 Å². The lowest BCUT2D eigenvalue weighted by molar-refractivity contribution is 0.345.